The van der Waals surface area contributed by atoms with Crippen LogP contribution in [-0.2, 0) is 57.9 Å². The summed E-state index contributed by atoms with van der Waals surface area (Å²) in [4.78, 5) is 88.9. The van der Waals surface area contributed by atoms with Crippen molar-refractivity contribution in [2.24, 2.45) is 0 Å². The zero-order valence-corrected chi connectivity index (χ0v) is 37.4. The number of rotatable bonds is 33. The molecule has 0 aromatic carbocycles. The number of carbonyl (C=O) groups is 3. The number of phosphoric ester groups is 2. The topological polar surface area (TPSA) is 360 Å². The van der Waals surface area contributed by atoms with Crippen molar-refractivity contribution in [3.8, 4) is 0 Å². The molecule has 4 rings (SSSR count). The number of aliphatic hydroxyl groups is 1. The molecule has 3 saturated heterocycles. The lowest BCUT2D eigenvalue weighted by molar-refractivity contribution is -0.122. The van der Waals surface area contributed by atoms with Gasteiger partial charge >= 0.3 is 27.4 Å². The van der Waals surface area contributed by atoms with Crippen molar-refractivity contribution in [1.29, 1.82) is 0 Å². The highest BCUT2D eigenvalue weighted by molar-refractivity contribution is 8.00. The maximum absolute atomic E-state index is 12.7. The number of carbonyl (C=O) groups excluding carboxylic acids is 3. The average molecular weight is 962 g/mol. The van der Waals surface area contributed by atoms with E-state index in [1.807, 2.05) is 11.8 Å². The molecule has 0 radical (unpaired) electrons. The number of ketones is 1. The molecule has 4 heterocycles. The van der Waals surface area contributed by atoms with Gasteiger partial charge in [0, 0.05) is 61.7 Å². The molecule has 3 fully saturated rings. The second kappa shape index (κ2) is 27.1. The lowest BCUT2D eigenvalue weighted by atomic mass is 10.0. The van der Waals surface area contributed by atoms with Crippen molar-refractivity contribution in [3.05, 3.63) is 22.2 Å². The summed E-state index contributed by atoms with van der Waals surface area (Å²) in [6.45, 7) is 3.37. The van der Waals surface area contributed by atoms with E-state index >= 15 is 0 Å². The highest BCUT2D eigenvalue weighted by atomic mass is 32.2. The Bertz CT molecular complexity index is 1760. The van der Waals surface area contributed by atoms with Gasteiger partial charge in [0.2, 0.25) is 5.91 Å². The van der Waals surface area contributed by atoms with Crippen molar-refractivity contribution >= 4 is 50.9 Å². The molecule has 0 bridgehead atoms. The third-order valence-electron chi connectivity index (χ3n) is 9.98. The van der Waals surface area contributed by atoms with Crippen LogP contribution < -0.4 is 32.7 Å². The number of nitrogens with two attached hydrogens (primary N) is 1. The zero-order valence-electron chi connectivity index (χ0n) is 34.8. The number of nitrogens with zero attached hydrogens (tertiary/aromatic N) is 2. The van der Waals surface area contributed by atoms with Crippen LogP contribution in [0, 0.1) is 0 Å². The number of hydrogen-bond donors (Lipinski definition) is 10. The van der Waals surface area contributed by atoms with Crippen molar-refractivity contribution in [1.82, 2.24) is 30.8 Å². The summed E-state index contributed by atoms with van der Waals surface area (Å²) in [5.41, 5.74) is 5.22. The summed E-state index contributed by atoms with van der Waals surface area (Å²) in [5, 5.41) is 23.1. The third kappa shape index (κ3) is 19.8. The lowest BCUT2D eigenvalue weighted by Crippen LogP contribution is -2.38. The number of amides is 3. The quantitative estimate of drug-likeness (QED) is 0.0217. The Morgan fingerprint density at radius 3 is 2.25 bits per heavy atom. The minimum absolute atomic E-state index is 0.0766. The van der Waals surface area contributed by atoms with E-state index in [0.29, 0.717) is 82.8 Å². The van der Waals surface area contributed by atoms with E-state index in [9.17, 15) is 43.2 Å². The van der Waals surface area contributed by atoms with Crippen molar-refractivity contribution < 1.29 is 80.9 Å². The van der Waals surface area contributed by atoms with Gasteiger partial charge in [-0.15, -0.1) is 0 Å². The lowest BCUT2D eigenvalue weighted by Gasteiger charge is -2.21. The highest BCUT2D eigenvalue weighted by Gasteiger charge is 2.49. The van der Waals surface area contributed by atoms with Crippen molar-refractivity contribution in [3.63, 3.8) is 0 Å². The fourth-order valence-corrected chi connectivity index (χ4v) is 9.36. The smallest absolute Gasteiger partial charge is 0.386 e. The molecule has 3 aliphatic heterocycles. The molecule has 0 aliphatic carbocycles. The van der Waals surface area contributed by atoms with E-state index in [-0.39, 0.29) is 68.2 Å². The van der Waals surface area contributed by atoms with Gasteiger partial charge in [-0.3, -0.25) is 23.2 Å². The Balaban J connectivity index is 0.937. The first-order valence-electron chi connectivity index (χ1n) is 20.6. The van der Waals surface area contributed by atoms with Gasteiger partial charge in [-0.25, -0.2) is 18.7 Å². The number of nitrogen functional groups attached to an aromatic ring is 1. The molecule has 7 atom stereocenters. The molecule has 1 unspecified atom stereocenters. The largest absolute Gasteiger partial charge is 0.470 e. The fraction of sp³-hybridized carbons (Fsp3) is 0.800. The number of ether oxygens (including phenoxy) is 5. The van der Waals surface area contributed by atoms with Gasteiger partial charge in [0.1, 0.15) is 29.9 Å². The number of nitrogens with one attached hydrogen (secondary N) is 4. The van der Waals surface area contributed by atoms with E-state index in [1.54, 1.807) is 0 Å². The molecule has 360 valence electrons. The van der Waals surface area contributed by atoms with Crippen LogP contribution >= 0.6 is 27.4 Å². The van der Waals surface area contributed by atoms with Crippen LogP contribution in [0.3, 0.4) is 0 Å². The molecule has 3 aliphatic rings. The molecular formula is C35H61N7O18P2S. The Morgan fingerprint density at radius 2 is 1.57 bits per heavy atom. The minimum Gasteiger partial charge on any atom is -0.386 e. The standard InChI is InChI=1S/C35H61N7O18P2S/c36-32-23(20-42(35(47)41-32)33-30(45)31(60-62(51,52)53)26(59-33)21-58-61(48,49)50)4-3-9-38-28(44)8-12-54-14-16-56-18-19-57-17-15-55-13-11-37-10-7-24(43)5-1-2-6-27-29-25(22-63-27)39-34(46)40-29/h20,25-27,29-31,33,37,45H,1-19,21-22H2,(H,38,44)(H2,36,41,47)(H2,39,40,46)(H2,48,49,50)(H2,51,52,53)/t25-,26+,27-,29-,30?,31-,33+/m0/s1. The van der Waals surface area contributed by atoms with E-state index in [1.165, 1.54) is 6.20 Å². The van der Waals surface area contributed by atoms with Gasteiger partial charge in [-0.1, -0.05) is 6.42 Å². The predicted molar refractivity (Wildman–Crippen MR) is 223 cm³/mol. The molecule has 11 N–H and O–H groups in total. The SMILES string of the molecule is Nc1nc(=O)n([C@@H]2O[C@H](COP(=O)(O)O)[C@H](OP(=O)(O)O)C2O)cc1CCCNC(=O)CCOCCOCCOCCOCCNCCC(=O)CCCC[C@@H]1SC[C@@H]2NC(=O)N[C@@H]21. The van der Waals surface area contributed by atoms with Crippen molar-refractivity contribution in [2.75, 3.05) is 90.6 Å². The number of thioether (sulfide) groups is 1. The normalized spacial score (nSPS) is 23.4. The Kier molecular flexibility index (Phi) is 22.8. The van der Waals surface area contributed by atoms with Gasteiger partial charge in [-0.05, 0) is 25.7 Å². The number of anilines is 1. The van der Waals surface area contributed by atoms with Gasteiger partial charge < -0.3 is 75.4 Å². The summed E-state index contributed by atoms with van der Waals surface area (Å²) in [5.74, 6) is 0.774. The molecule has 1 aromatic heterocycles. The first-order valence-corrected chi connectivity index (χ1v) is 24.8. The van der Waals surface area contributed by atoms with Crippen LogP contribution in [0.15, 0.2) is 11.0 Å². The van der Waals surface area contributed by atoms with Crippen LogP contribution in [0.25, 0.3) is 0 Å². The van der Waals surface area contributed by atoms with Crippen LogP contribution in [0.2, 0.25) is 0 Å². The number of Topliss-reactive ketones (excluding diaryl/α,β-unsaturated/α-hetero) is 1. The molecule has 0 saturated carbocycles. The monoisotopic (exact) mass is 961 g/mol. The molecule has 25 nitrogen and oxygen atoms in total. The van der Waals surface area contributed by atoms with Crippen LogP contribution in [0.1, 0.15) is 56.7 Å². The first kappa shape index (κ1) is 53.0. The summed E-state index contributed by atoms with van der Waals surface area (Å²) < 4.78 is 59.8. The van der Waals surface area contributed by atoms with Gasteiger partial charge in [0.25, 0.3) is 0 Å². The molecular weight excluding hydrogens is 900 g/mol. The fourth-order valence-electron chi connectivity index (χ4n) is 6.89. The third-order valence-corrected chi connectivity index (χ3v) is 12.5. The maximum Gasteiger partial charge on any atom is 0.470 e. The number of hydrogen-bond acceptors (Lipinski definition) is 18. The summed E-state index contributed by atoms with van der Waals surface area (Å²) in [7, 11) is -10.3. The Hall–Kier alpha value is -2.62. The minimum atomic E-state index is -5.24. The van der Waals surface area contributed by atoms with E-state index in [0.717, 1.165) is 29.6 Å². The summed E-state index contributed by atoms with van der Waals surface area (Å²) >= 11 is 1.89. The number of aryl methyl sites for hydroxylation is 1. The van der Waals surface area contributed by atoms with Gasteiger partial charge in [-0.2, -0.15) is 16.7 Å². The zero-order chi connectivity index (χ0) is 45.8. The number of fused-ring (bicyclic) bond motifs is 1. The average Bonchev–Trinajstić information content (AvgIpc) is 3.86. The number of unbranched alkanes of at least 4 members (excludes halogenated alkanes) is 1. The molecule has 28 heteroatoms. The van der Waals surface area contributed by atoms with Gasteiger partial charge in [0.15, 0.2) is 6.23 Å². The molecule has 3 amide bonds. The number of aromatic nitrogens is 2. The van der Waals surface area contributed by atoms with E-state index in [4.69, 9.17) is 39.2 Å². The summed E-state index contributed by atoms with van der Waals surface area (Å²) in [6.07, 6.45) is -1.25. The van der Waals surface area contributed by atoms with E-state index in [2.05, 4.69) is 35.3 Å². The Morgan fingerprint density at radius 1 is 0.889 bits per heavy atom. The predicted octanol–water partition coefficient (Wildman–Crippen LogP) is -1.55. The van der Waals surface area contributed by atoms with Gasteiger partial charge in [0.05, 0.1) is 71.5 Å². The summed E-state index contributed by atoms with van der Waals surface area (Å²) in [6, 6.07) is 0.356. The number of urea groups is 1. The van der Waals surface area contributed by atoms with Crippen LogP contribution in [-0.4, -0.2) is 172 Å². The van der Waals surface area contributed by atoms with Crippen molar-refractivity contribution in [2.45, 2.75) is 93.2 Å². The first-order chi connectivity index (χ1) is 30.0. The maximum atomic E-state index is 12.7. The number of aliphatic hydroxyl groups excluding tert-OH is 1. The van der Waals surface area contributed by atoms with Crippen LogP contribution in [0.4, 0.5) is 10.6 Å². The van der Waals surface area contributed by atoms with E-state index < -0.39 is 52.5 Å². The second-order valence-electron chi connectivity index (χ2n) is 14.8. The molecule has 1 aromatic rings. The molecule has 63 heavy (non-hydrogen) atoms. The number of phosphoric acid groups is 2. The molecule has 0 spiro atoms. The highest BCUT2D eigenvalue weighted by Crippen LogP contribution is 2.45. The Labute approximate surface area is 368 Å². The second-order valence-corrected chi connectivity index (χ2v) is 18.5. The van der Waals surface area contributed by atoms with Crippen LogP contribution in [0.5, 0.6) is 0 Å².